The molecule has 0 spiro atoms. The molecule has 0 aliphatic carbocycles. The van der Waals surface area contributed by atoms with Gasteiger partial charge in [0, 0.05) is 18.7 Å². The van der Waals surface area contributed by atoms with Crippen LogP contribution in [0.25, 0.3) is 0 Å². The zero-order valence-corrected chi connectivity index (χ0v) is 12.0. The maximum absolute atomic E-state index is 11.7. The van der Waals surface area contributed by atoms with E-state index < -0.39 is 0 Å². The zero-order valence-electron chi connectivity index (χ0n) is 12.0. The van der Waals surface area contributed by atoms with Gasteiger partial charge in [-0.3, -0.25) is 4.79 Å². The quantitative estimate of drug-likeness (QED) is 0.499. The molecular formula is C15H25N3O. The third-order valence-electron chi connectivity index (χ3n) is 3.00. The van der Waals surface area contributed by atoms with E-state index >= 15 is 0 Å². The van der Waals surface area contributed by atoms with Gasteiger partial charge in [0.05, 0.1) is 11.4 Å². The van der Waals surface area contributed by atoms with Crippen molar-refractivity contribution < 1.29 is 4.79 Å². The van der Waals surface area contributed by atoms with E-state index in [2.05, 4.69) is 17.6 Å². The number of unbranched alkanes of at least 4 members (excludes halogenated alkanes) is 3. The summed E-state index contributed by atoms with van der Waals surface area (Å²) in [5.41, 5.74) is 8.09. The maximum Gasteiger partial charge on any atom is 0.251 e. The van der Waals surface area contributed by atoms with Crippen molar-refractivity contribution in [1.82, 2.24) is 5.32 Å². The van der Waals surface area contributed by atoms with Gasteiger partial charge in [-0.1, -0.05) is 26.2 Å². The van der Waals surface area contributed by atoms with Gasteiger partial charge in [0.1, 0.15) is 0 Å². The molecule has 4 nitrogen and oxygen atoms in total. The molecule has 0 bridgehead atoms. The largest absolute Gasteiger partial charge is 0.397 e. The average Bonchev–Trinajstić information content (AvgIpc) is 2.40. The number of hydrogen-bond acceptors (Lipinski definition) is 3. The first-order valence-corrected chi connectivity index (χ1v) is 7.10. The van der Waals surface area contributed by atoms with Crippen molar-refractivity contribution in [2.75, 3.05) is 24.1 Å². The number of carbonyl (C=O) groups is 1. The Bertz CT molecular complexity index is 404. The summed E-state index contributed by atoms with van der Waals surface area (Å²) in [6, 6.07) is 5.35. The summed E-state index contributed by atoms with van der Waals surface area (Å²) in [4.78, 5) is 11.7. The third-order valence-corrected chi connectivity index (χ3v) is 3.00. The molecular weight excluding hydrogens is 238 g/mol. The molecule has 1 aromatic rings. The lowest BCUT2D eigenvalue weighted by molar-refractivity contribution is 0.0956. The van der Waals surface area contributed by atoms with Crippen LogP contribution in [0.4, 0.5) is 11.4 Å². The molecule has 0 aromatic heterocycles. The first-order valence-electron chi connectivity index (χ1n) is 7.10. The van der Waals surface area contributed by atoms with Crippen LogP contribution < -0.4 is 16.4 Å². The Labute approximate surface area is 115 Å². The van der Waals surface area contributed by atoms with Crippen LogP contribution in [-0.2, 0) is 0 Å². The summed E-state index contributed by atoms with van der Waals surface area (Å²) >= 11 is 0. The third kappa shape index (κ3) is 5.20. The Hall–Kier alpha value is -1.71. The van der Waals surface area contributed by atoms with Gasteiger partial charge < -0.3 is 16.4 Å². The number of nitrogen functional groups attached to an aromatic ring is 1. The summed E-state index contributed by atoms with van der Waals surface area (Å²) < 4.78 is 0. The number of amides is 1. The predicted octanol–water partition coefficient (Wildman–Crippen LogP) is 3.01. The van der Waals surface area contributed by atoms with E-state index in [1.807, 2.05) is 13.0 Å². The van der Waals surface area contributed by atoms with E-state index in [9.17, 15) is 4.79 Å². The summed E-state index contributed by atoms with van der Waals surface area (Å²) in [6.07, 6.45) is 4.84. The van der Waals surface area contributed by atoms with Crippen molar-refractivity contribution in [1.29, 1.82) is 0 Å². The average molecular weight is 263 g/mol. The van der Waals surface area contributed by atoms with Gasteiger partial charge in [0.25, 0.3) is 5.91 Å². The highest BCUT2D eigenvalue weighted by atomic mass is 16.1. The lowest BCUT2D eigenvalue weighted by atomic mass is 10.1. The number of rotatable bonds is 8. The SMILES string of the molecule is CCCCCCNc1cc(C(=O)NCC)ccc1N. The van der Waals surface area contributed by atoms with Gasteiger partial charge in [0.15, 0.2) is 0 Å². The molecule has 0 atom stereocenters. The van der Waals surface area contributed by atoms with Crippen LogP contribution in [0.15, 0.2) is 18.2 Å². The van der Waals surface area contributed by atoms with Crippen molar-refractivity contribution in [2.24, 2.45) is 0 Å². The Balaban J connectivity index is 2.56. The summed E-state index contributed by atoms with van der Waals surface area (Å²) in [7, 11) is 0. The van der Waals surface area contributed by atoms with Crippen molar-refractivity contribution in [3.05, 3.63) is 23.8 Å². The highest BCUT2D eigenvalue weighted by molar-refractivity contribution is 5.96. The molecule has 1 amide bonds. The normalized spacial score (nSPS) is 10.2. The first kappa shape index (κ1) is 15.3. The van der Waals surface area contributed by atoms with Gasteiger partial charge in [-0.05, 0) is 31.5 Å². The second-order valence-corrected chi connectivity index (χ2v) is 4.65. The lowest BCUT2D eigenvalue weighted by Crippen LogP contribution is -2.22. The molecule has 0 saturated heterocycles. The topological polar surface area (TPSA) is 67.2 Å². The molecule has 0 fully saturated rings. The number of benzene rings is 1. The molecule has 0 heterocycles. The number of carbonyl (C=O) groups excluding carboxylic acids is 1. The second kappa shape index (κ2) is 8.40. The summed E-state index contributed by atoms with van der Waals surface area (Å²) in [5, 5.41) is 6.09. The van der Waals surface area contributed by atoms with E-state index in [0.717, 1.165) is 18.7 Å². The van der Waals surface area contributed by atoms with Crippen LogP contribution in [0.1, 0.15) is 49.9 Å². The van der Waals surface area contributed by atoms with E-state index in [1.54, 1.807) is 12.1 Å². The van der Waals surface area contributed by atoms with Crippen molar-refractivity contribution in [3.63, 3.8) is 0 Å². The molecule has 4 N–H and O–H groups in total. The number of anilines is 2. The van der Waals surface area contributed by atoms with Crippen LogP contribution in [0.2, 0.25) is 0 Å². The van der Waals surface area contributed by atoms with Crippen LogP contribution >= 0.6 is 0 Å². The van der Waals surface area contributed by atoms with E-state index in [4.69, 9.17) is 5.73 Å². The van der Waals surface area contributed by atoms with Gasteiger partial charge >= 0.3 is 0 Å². The smallest absolute Gasteiger partial charge is 0.251 e. The summed E-state index contributed by atoms with van der Waals surface area (Å²) in [6.45, 7) is 5.62. The minimum Gasteiger partial charge on any atom is -0.397 e. The predicted molar refractivity (Wildman–Crippen MR) is 81.5 cm³/mol. The van der Waals surface area contributed by atoms with Gasteiger partial charge in [-0.25, -0.2) is 0 Å². The van der Waals surface area contributed by atoms with Gasteiger partial charge in [-0.15, -0.1) is 0 Å². The number of hydrogen-bond donors (Lipinski definition) is 3. The highest BCUT2D eigenvalue weighted by Gasteiger charge is 2.07. The van der Waals surface area contributed by atoms with Crippen molar-refractivity contribution >= 4 is 17.3 Å². The Kier molecular flexibility index (Phi) is 6.79. The summed E-state index contributed by atoms with van der Waals surface area (Å²) in [5.74, 6) is -0.0588. The van der Waals surface area contributed by atoms with E-state index in [-0.39, 0.29) is 5.91 Å². The molecule has 0 unspecified atom stereocenters. The Morgan fingerprint density at radius 3 is 2.68 bits per heavy atom. The molecule has 19 heavy (non-hydrogen) atoms. The molecule has 4 heteroatoms. The van der Waals surface area contributed by atoms with Gasteiger partial charge in [0.2, 0.25) is 0 Å². The van der Waals surface area contributed by atoms with Crippen LogP contribution in [-0.4, -0.2) is 19.0 Å². The number of nitrogens with one attached hydrogen (secondary N) is 2. The molecule has 0 radical (unpaired) electrons. The minimum absolute atomic E-state index is 0.0588. The molecule has 106 valence electrons. The Morgan fingerprint density at radius 1 is 1.21 bits per heavy atom. The van der Waals surface area contributed by atoms with Crippen molar-refractivity contribution in [3.8, 4) is 0 Å². The standard InChI is InChI=1S/C15H25N3O/c1-3-5-6-7-10-18-14-11-12(8-9-13(14)16)15(19)17-4-2/h8-9,11,18H,3-7,10,16H2,1-2H3,(H,17,19). The fraction of sp³-hybridized carbons (Fsp3) is 0.533. The fourth-order valence-corrected chi connectivity index (χ4v) is 1.89. The monoisotopic (exact) mass is 263 g/mol. The number of nitrogens with two attached hydrogens (primary N) is 1. The van der Waals surface area contributed by atoms with Gasteiger partial charge in [-0.2, -0.15) is 0 Å². The Morgan fingerprint density at radius 2 is 2.00 bits per heavy atom. The highest BCUT2D eigenvalue weighted by Crippen LogP contribution is 2.20. The molecule has 1 aromatic carbocycles. The van der Waals surface area contributed by atoms with E-state index in [1.165, 1.54) is 19.3 Å². The first-order chi connectivity index (χ1) is 9.19. The minimum atomic E-state index is -0.0588. The van der Waals surface area contributed by atoms with Crippen molar-refractivity contribution in [2.45, 2.75) is 39.5 Å². The zero-order chi connectivity index (χ0) is 14.1. The van der Waals surface area contributed by atoms with Crippen LogP contribution in [0.5, 0.6) is 0 Å². The maximum atomic E-state index is 11.7. The van der Waals surface area contributed by atoms with Crippen LogP contribution in [0.3, 0.4) is 0 Å². The second-order valence-electron chi connectivity index (χ2n) is 4.65. The molecule has 1 rings (SSSR count). The molecule has 0 aliphatic heterocycles. The molecule has 0 saturated carbocycles. The van der Waals surface area contributed by atoms with Crippen LogP contribution in [0, 0.1) is 0 Å². The fourth-order valence-electron chi connectivity index (χ4n) is 1.89. The lowest BCUT2D eigenvalue weighted by Gasteiger charge is -2.11. The van der Waals surface area contributed by atoms with E-state index in [0.29, 0.717) is 17.8 Å². The molecule has 0 aliphatic rings.